The molecule has 2 aromatic rings. The minimum absolute atomic E-state index is 0.151. The molecule has 2 aromatic carbocycles. The van der Waals surface area contributed by atoms with Gasteiger partial charge in [0, 0.05) is 23.1 Å². The number of nitrogens with one attached hydrogen (secondary N) is 1. The van der Waals surface area contributed by atoms with Gasteiger partial charge in [-0.15, -0.1) is 0 Å². The van der Waals surface area contributed by atoms with Crippen LogP contribution >= 0.6 is 27.5 Å². The van der Waals surface area contributed by atoms with Gasteiger partial charge >= 0.3 is 5.97 Å². The van der Waals surface area contributed by atoms with Crippen LogP contribution in [0.15, 0.2) is 40.9 Å². The van der Waals surface area contributed by atoms with Gasteiger partial charge in [0.1, 0.15) is 0 Å². The number of benzene rings is 2. The van der Waals surface area contributed by atoms with Crippen molar-refractivity contribution in [1.29, 1.82) is 0 Å². The van der Waals surface area contributed by atoms with Crippen LogP contribution in [-0.4, -0.2) is 41.7 Å². The van der Waals surface area contributed by atoms with Crippen LogP contribution in [0.5, 0.6) is 0 Å². The summed E-state index contributed by atoms with van der Waals surface area (Å²) in [6, 6.07) is 10.2. The summed E-state index contributed by atoms with van der Waals surface area (Å²) in [6.07, 6.45) is 1.91. The fraction of sp³-hybridized carbons (Fsp3) is 0.304. The molecule has 0 aliphatic carbocycles. The first kappa shape index (κ1) is 23.9. The molecule has 7 nitrogen and oxygen atoms in total. The second-order valence-corrected chi connectivity index (χ2v) is 8.59. The number of halogens is 2. The Balaban J connectivity index is 1.33. The van der Waals surface area contributed by atoms with Crippen molar-refractivity contribution < 1.29 is 23.9 Å². The van der Waals surface area contributed by atoms with Crippen LogP contribution in [-0.2, 0) is 14.3 Å². The lowest BCUT2D eigenvalue weighted by atomic mass is 10.1. The molecule has 32 heavy (non-hydrogen) atoms. The Morgan fingerprint density at radius 2 is 1.69 bits per heavy atom. The molecule has 0 bridgehead atoms. The Hall–Kier alpha value is -2.71. The van der Waals surface area contributed by atoms with Gasteiger partial charge in [-0.3, -0.25) is 24.1 Å². The molecule has 0 saturated carbocycles. The van der Waals surface area contributed by atoms with Gasteiger partial charge < -0.3 is 10.1 Å². The number of unbranched alkanes of at least 4 members (excludes halogenated alkanes) is 2. The van der Waals surface area contributed by atoms with Crippen LogP contribution in [0.4, 0.5) is 5.69 Å². The summed E-state index contributed by atoms with van der Waals surface area (Å²) in [7, 11) is 0. The van der Waals surface area contributed by atoms with Crippen LogP contribution in [0.1, 0.15) is 52.0 Å². The molecule has 1 N–H and O–H groups in total. The summed E-state index contributed by atoms with van der Waals surface area (Å²) in [4.78, 5) is 49.8. The SMILES string of the molecule is Cc1c(NC(=O)COC(=O)CCCCCN2C(=O)c3ccccc3C2=O)ccc(Br)c1Cl. The van der Waals surface area contributed by atoms with Crippen molar-refractivity contribution in [2.75, 3.05) is 18.5 Å². The van der Waals surface area contributed by atoms with Crippen molar-refractivity contribution in [3.8, 4) is 0 Å². The highest BCUT2D eigenvalue weighted by atomic mass is 79.9. The maximum atomic E-state index is 12.3. The van der Waals surface area contributed by atoms with Crippen molar-refractivity contribution in [2.24, 2.45) is 0 Å². The topological polar surface area (TPSA) is 92.8 Å². The molecule has 0 radical (unpaired) electrons. The molecular formula is C23H22BrClN2O5. The molecule has 3 rings (SSSR count). The molecule has 1 aliphatic rings. The van der Waals surface area contributed by atoms with E-state index in [2.05, 4.69) is 21.2 Å². The van der Waals surface area contributed by atoms with E-state index in [1.54, 1.807) is 43.3 Å². The van der Waals surface area contributed by atoms with E-state index in [0.29, 0.717) is 53.2 Å². The predicted octanol–water partition coefficient (Wildman–Crippen LogP) is 4.75. The zero-order chi connectivity index (χ0) is 23.3. The Labute approximate surface area is 199 Å². The average molecular weight is 522 g/mol. The van der Waals surface area contributed by atoms with Gasteiger partial charge in [0.2, 0.25) is 0 Å². The Morgan fingerprint density at radius 1 is 1.03 bits per heavy atom. The molecule has 0 aromatic heterocycles. The number of anilines is 1. The number of esters is 1. The minimum atomic E-state index is -0.480. The van der Waals surface area contributed by atoms with E-state index in [-0.39, 0.29) is 24.8 Å². The maximum Gasteiger partial charge on any atom is 0.306 e. The number of fused-ring (bicyclic) bond motifs is 1. The van der Waals surface area contributed by atoms with E-state index >= 15 is 0 Å². The lowest BCUT2D eigenvalue weighted by Crippen LogP contribution is -2.30. The van der Waals surface area contributed by atoms with Gasteiger partial charge in [0.05, 0.1) is 16.1 Å². The predicted molar refractivity (Wildman–Crippen MR) is 124 cm³/mol. The van der Waals surface area contributed by atoms with Crippen LogP contribution in [0.2, 0.25) is 5.02 Å². The average Bonchev–Trinajstić information content (AvgIpc) is 3.03. The number of rotatable bonds is 9. The largest absolute Gasteiger partial charge is 0.456 e. The van der Waals surface area contributed by atoms with E-state index in [1.165, 1.54) is 4.90 Å². The first-order chi connectivity index (χ1) is 15.3. The number of carbonyl (C=O) groups excluding carboxylic acids is 4. The second kappa shape index (κ2) is 10.7. The number of hydrogen-bond donors (Lipinski definition) is 1. The molecule has 0 saturated heterocycles. The van der Waals surface area contributed by atoms with Gasteiger partial charge in [-0.25, -0.2) is 0 Å². The normalized spacial score (nSPS) is 12.7. The fourth-order valence-electron chi connectivity index (χ4n) is 3.35. The first-order valence-corrected chi connectivity index (χ1v) is 11.3. The summed E-state index contributed by atoms with van der Waals surface area (Å²) >= 11 is 9.45. The molecular weight excluding hydrogens is 500 g/mol. The third kappa shape index (κ3) is 5.55. The maximum absolute atomic E-state index is 12.3. The number of amides is 3. The molecule has 0 atom stereocenters. The summed E-state index contributed by atoms with van der Waals surface area (Å²) < 4.78 is 5.74. The molecule has 168 valence electrons. The van der Waals surface area contributed by atoms with Crippen LogP contribution < -0.4 is 5.32 Å². The highest BCUT2D eigenvalue weighted by molar-refractivity contribution is 9.10. The minimum Gasteiger partial charge on any atom is -0.456 e. The number of carbonyl (C=O) groups is 4. The van der Waals surface area contributed by atoms with Gasteiger partial charge in [-0.05, 0) is 65.5 Å². The third-order valence-corrected chi connectivity index (χ3v) is 6.49. The fourth-order valence-corrected chi connectivity index (χ4v) is 3.94. The quantitative estimate of drug-likeness (QED) is 0.292. The van der Waals surface area contributed by atoms with E-state index in [1.807, 2.05) is 0 Å². The van der Waals surface area contributed by atoms with Crippen molar-refractivity contribution in [2.45, 2.75) is 32.6 Å². The van der Waals surface area contributed by atoms with Crippen molar-refractivity contribution >= 4 is 56.9 Å². The van der Waals surface area contributed by atoms with Gasteiger partial charge in [-0.2, -0.15) is 0 Å². The van der Waals surface area contributed by atoms with E-state index in [0.717, 1.165) is 4.47 Å². The van der Waals surface area contributed by atoms with Crippen LogP contribution in [0, 0.1) is 6.92 Å². The lowest BCUT2D eigenvalue weighted by Gasteiger charge is -2.13. The third-order valence-electron chi connectivity index (χ3n) is 5.12. The Morgan fingerprint density at radius 3 is 2.34 bits per heavy atom. The standard InChI is InChI=1S/C23H22BrClN2O5/c1-14-18(11-10-17(24)21(14)25)26-19(28)13-32-20(29)9-3-2-6-12-27-22(30)15-7-4-5-8-16(15)23(27)31/h4-5,7-8,10-11H,2-3,6,9,12-13H2,1H3,(H,26,28). The number of ether oxygens (including phenoxy) is 1. The summed E-state index contributed by atoms with van der Waals surface area (Å²) in [5, 5.41) is 3.17. The highest BCUT2D eigenvalue weighted by Gasteiger charge is 2.34. The summed E-state index contributed by atoms with van der Waals surface area (Å²) in [5.41, 5.74) is 2.12. The summed E-state index contributed by atoms with van der Waals surface area (Å²) in [5.74, 6) is -1.49. The highest BCUT2D eigenvalue weighted by Crippen LogP contribution is 2.31. The smallest absolute Gasteiger partial charge is 0.306 e. The van der Waals surface area contributed by atoms with E-state index in [9.17, 15) is 19.2 Å². The first-order valence-electron chi connectivity index (χ1n) is 10.1. The molecule has 9 heteroatoms. The van der Waals surface area contributed by atoms with Gasteiger partial charge in [-0.1, -0.05) is 30.2 Å². The van der Waals surface area contributed by atoms with Crippen molar-refractivity contribution in [1.82, 2.24) is 4.90 Å². The molecule has 0 spiro atoms. The molecule has 1 aliphatic heterocycles. The molecule has 0 unspecified atom stereocenters. The molecule has 1 heterocycles. The number of nitrogens with zero attached hydrogens (tertiary/aromatic N) is 1. The monoisotopic (exact) mass is 520 g/mol. The van der Waals surface area contributed by atoms with E-state index in [4.69, 9.17) is 16.3 Å². The van der Waals surface area contributed by atoms with Crippen molar-refractivity contribution in [3.63, 3.8) is 0 Å². The van der Waals surface area contributed by atoms with Crippen molar-refractivity contribution in [3.05, 3.63) is 62.6 Å². The van der Waals surface area contributed by atoms with E-state index < -0.39 is 11.9 Å². The molecule has 0 fully saturated rings. The number of imide groups is 1. The number of hydrogen-bond acceptors (Lipinski definition) is 5. The lowest BCUT2D eigenvalue weighted by molar-refractivity contribution is -0.147. The summed E-state index contributed by atoms with van der Waals surface area (Å²) in [6.45, 7) is 1.69. The van der Waals surface area contributed by atoms with Crippen LogP contribution in [0.25, 0.3) is 0 Å². The van der Waals surface area contributed by atoms with Crippen LogP contribution in [0.3, 0.4) is 0 Å². The Bertz CT molecular complexity index is 1040. The zero-order valence-corrected chi connectivity index (χ0v) is 19.8. The Kier molecular flexibility index (Phi) is 8.04. The second-order valence-electron chi connectivity index (χ2n) is 7.36. The van der Waals surface area contributed by atoms with Gasteiger partial charge in [0.25, 0.3) is 17.7 Å². The zero-order valence-electron chi connectivity index (χ0n) is 17.5. The van der Waals surface area contributed by atoms with Gasteiger partial charge in [0.15, 0.2) is 6.61 Å². The molecule has 3 amide bonds.